The second kappa shape index (κ2) is 7.77. The van der Waals surface area contributed by atoms with Crippen molar-refractivity contribution in [1.29, 1.82) is 0 Å². The van der Waals surface area contributed by atoms with Gasteiger partial charge in [-0.2, -0.15) is 13.2 Å². The molecule has 0 aliphatic carbocycles. The van der Waals surface area contributed by atoms with Gasteiger partial charge in [0.1, 0.15) is 12.3 Å². The average Bonchev–Trinajstić information content (AvgIpc) is 2.40. The molecule has 0 spiro atoms. The van der Waals surface area contributed by atoms with E-state index in [9.17, 15) is 18.0 Å². The minimum atomic E-state index is -4.39. The Morgan fingerprint density at radius 2 is 1.90 bits per heavy atom. The molecule has 3 nitrogen and oxygen atoms in total. The van der Waals surface area contributed by atoms with Crippen LogP contribution in [-0.4, -0.2) is 36.7 Å². The van der Waals surface area contributed by atoms with Crippen LogP contribution < -0.4 is 4.74 Å². The number of ether oxygens (including phenoxy) is 1. The zero-order chi connectivity index (χ0) is 15.0. The van der Waals surface area contributed by atoms with Crippen molar-refractivity contribution >= 4 is 5.91 Å². The number of nitrogens with zero attached hydrogens (tertiary/aromatic N) is 1. The Bertz CT molecular complexity index is 407. The van der Waals surface area contributed by atoms with Crippen molar-refractivity contribution in [2.75, 3.05) is 19.7 Å². The molecule has 1 amide bonds. The van der Waals surface area contributed by atoms with E-state index in [1.807, 2.05) is 6.92 Å². The highest BCUT2D eigenvalue weighted by Crippen LogP contribution is 2.17. The molecule has 0 N–H and O–H groups in total. The van der Waals surface area contributed by atoms with Crippen molar-refractivity contribution in [3.05, 3.63) is 30.3 Å². The molecule has 0 aromatic heterocycles. The molecule has 1 aromatic rings. The van der Waals surface area contributed by atoms with E-state index >= 15 is 0 Å². The minimum Gasteiger partial charge on any atom is -0.484 e. The minimum absolute atomic E-state index is 0.0903. The van der Waals surface area contributed by atoms with Crippen LogP contribution in [0.3, 0.4) is 0 Å². The van der Waals surface area contributed by atoms with Gasteiger partial charge in [0.2, 0.25) is 0 Å². The lowest BCUT2D eigenvalue weighted by molar-refractivity contribution is -0.162. The summed E-state index contributed by atoms with van der Waals surface area (Å²) in [5, 5.41) is 0. The van der Waals surface area contributed by atoms with Crippen LogP contribution >= 0.6 is 0 Å². The summed E-state index contributed by atoms with van der Waals surface area (Å²) in [5.41, 5.74) is 0. The van der Waals surface area contributed by atoms with Gasteiger partial charge in [-0.3, -0.25) is 4.79 Å². The van der Waals surface area contributed by atoms with Gasteiger partial charge in [-0.25, -0.2) is 0 Å². The first-order valence-electron chi connectivity index (χ1n) is 6.44. The fourth-order valence-corrected chi connectivity index (χ4v) is 1.61. The van der Waals surface area contributed by atoms with E-state index in [2.05, 4.69) is 0 Å². The topological polar surface area (TPSA) is 29.5 Å². The van der Waals surface area contributed by atoms with E-state index < -0.39 is 18.6 Å². The summed E-state index contributed by atoms with van der Waals surface area (Å²) in [7, 11) is 0. The predicted octanol–water partition coefficient (Wildman–Crippen LogP) is 3.26. The van der Waals surface area contributed by atoms with Crippen LogP contribution in [0.15, 0.2) is 30.3 Å². The van der Waals surface area contributed by atoms with Crippen LogP contribution in [0.2, 0.25) is 0 Å². The zero-order valence-electron chi connectivity index (χ0n) is 11.3. The summed E-state index contributed by atoms with van der Waals surface area (Å²) in [5.74, 6) is -0.192. The maximum atomic E-state index is 12.4. The number of carbonyl (C=O) groups excluding carboxylic acids is 1. The summed E-state index contributed by atoms with van der Waals surface area (Å²) in [6.07, 6.45) is -3.13. The number of amides is 1. The lowest BCUT2D eigenvalue weighted by atomic mass is 10.3. The van der Waals surface area contributed by atoms with Crippen molar-refractivity contribution in [2.24, 2.45) is 0 Å². The van der Waals surface area contributed by atoms with Crippen molar-refractivity contribution in [2.45, 2.75) is 25.9 Å². The van der Waals surface area contributed by atoms with Gasteiger partial charge in [-0.15, -0.1) is 0 Å². The van der Waals surface area contributed by atoms with Crippen LogP contribution in [-0.2, 0) is 4.79 Å². The molecule has 6 heteroatoms. The monoisotopic (exact) mass is 289 g/mol. The quantitative estimate of drug-likeness (QED) is 0.771. The number of para-hydroxylation sites is 1. The molecule has 20 heavy (non-hydrogen) atoms. The third-order valence-electron chi connectivity index (χ3n) is 2.61. The molecule has 0 aliphatic rings. The van der Waals surface area contributed by atoms with E-state index in [1.165, 1.54) is 0 Å². The second-order valence-corrected chi connectivity index (χ2v) is 4.39. The molecule has 0 saturated carbocycles. The van der Waals surface area contributed by atoms with Crippen LogP contribution in [0.5, 0.6) is 5.75 Å². The summed E-state index contributed by atoms with van der Waals surface area (Å²) in [4.78, 5) is 12.6. The molecule has 0 heterocycles. The third kappa shape index (κ3) is 6.45. The first kappa shape index (κ1) is 16.3. The summed E-state index contributed by atoms with van der Waals surface area (Å²) < 4.78 is 42.5. The molecule has 1 aromatic carbocycles. The van der Waals surface area contributed by atoms with Crippen LogP contribution in [0.1, 0.15) is 19.8 Å². The number of hydrogen-bond donors (Lipinski definition) is 0. The van der Waals surface area contributed by atoms with Crippen molar-refractivity contribution in [1.82, 2.24) is 4.90 Å². The molecule has 0 saturated heterocycles. The number of rotatable bonds is 7. The number of alkyl halides is 3. The molecule has 0 atom stereocenters. The van der Waals surface area contributed by atoms with Gasteiger partial charge in [-0.1, -0.05) is 31.5 Å². The first-order valence-corrected chi connectivity index (χ1v) is 6.44. The standard InChI is InChI=1S/C14H18F3NO2/c1-2-3-9-18(11-14(15,16)17)13(19)10-20-12-7-5-4-6-8-12/h4-8H,2-3,9-11H2,1H3. The van der Waals surface area contributed by atoms with E-state index in [-0.39, 0.29) is 13.2 Å². The second-order valence-electron chi connectivity index (χ2n) is 4.39. The van der Waals surface area contributed by atoms with Gasteiger partial charge >= 0.3 is 6.18 Å². The van der Waals surface area contributed by atoms with Crippen LogP contribution in [0.4, 0.5) is 13.2 Å². The Morgan fingerprint density at radius 3 is 2.45 bits per heavy atom. The van der Waals surface area contributed by atoms with Crippen molar-refractivity contribution in [3.63, 3.8) is 0 Å². The largest absolute Gasteiger partial charge is 0.484 e. The van der Waals surface area contributed by atoms with Crippen LogP contribution in [0.25, 0.3) is 0 Å². The van der Waals surface area contributed by atoms with Crippen molar-refractivity contribution in [3.8, 4) is 5.75 Å². The lowest BCUT2D eigenvalue weighted by Gasteiger charge is -2.23. The number of unbranched alkanes of at least 4 members (excludes halogenated alkanes) is 1. The Balaban J connectivity index is 2.54. The maximum Gasteiger partial charge on any atom is 0.406 e. The zero-order valence-corrected chi connectivity index (χ0v) is 11.3. The number of hydrogen-bond acceptors (Lipinski definition) is 2. The lowest BCUT2D eigenvalue weighted by Crippen LogP contribution is -2.42. The fraction of sp³-hybridized carbons (Fsp3) is 0.500. The van der Waals surface area contributed by atoms with Crippen LogP contribution in [0, 0.1) is 0 Å². The van der Waals surface area contributed by atoms with E-state index in [0.717, 1.165) is 11.3 Å². The maximum absolute atomic E-state index is 12.4. The molecular formula is C14H18F3NO2. The normalized spacial score (nSPS) is 11.2. The average molecular weight is 289 g/mol. The Hall–Kier alpha value is -1.72. The Kier molecular flexibility index (Phi) is 6.35. The summed E-state index contributed by atoms with van der Waals surface area (Å²) in [6.45, 7) is 0.331. The van der Waals surface area contributed by atoms with Gasteiger partial charge in [0.25, 0.3) is 5.91 Å². The van der Waals surface area contributed by atoms with E-state index in [0.29, 0.717) is 12.2 Å². The van der Waals surface area contributed by atoms with E-state index in [1.54, 1.807) is 30.3 Å². The molecule has 0 aliphatic heterocycles. The fourth-order valence-electron chi connectivity index (χ4n) is 1.61. The van der Waals surface area contributed by atoms with Gasteiger partial charge in [0.05, 0.1) is 0 Å². The molecular weight excluding hydrogens is 271 g/mol. The Labute approximate surface area is 116 Å². The highest BCUT2D eigenvalue weighted by Gasteiger charge is 2.32. The van der Waals surface area contributed by atoms with Crippen molar-refractivity contribution < 1.29 is 22.7 Å². The molecule has 0 radical (unpaired) electrons. The predicted molar refractivity (Wildman–Crippen MR) is 69.5 cm³/mol. The number of benzene rings is 1. The molecule has 112 valence electrons. The third-order valence-corrected chi connectivity index (χ3v) is 2.61. The van der Waals surface area contributed by atoms with Gasteiger partial charge in [-0.05, 0) is 18.6 Å². The highest BCUT2D eigenvalue weighted by atomic mass is 19.4. The van der Waals surface area contributed by atoms with Gasteiger partial charge in [0, 0.05) is 6.54 Å². The molecule has 1 rings (SSSR count). The summed E-state index contributed by atoms with van der Waals surface area (Å²) >= 11 is 0. The molecule has 0 fully saturated rings. The smallest absolute Gasteiger partial charge is 0.406 e. The molecule has 0 bridgehead atoms. The van der Waals surface area contributed by atoms with E-state index in [4.69, 9.17) is 4.74 Å². The highest BCUT2D eigenvalue weighted by molar-refractivity contribution is 5.77. The SMILES string of the molecule is CCCCN(CC(F)(F)F)C(=O)COc1ccccc1. The van der Waals surface area contributed by atoms with Gasteiger partial charge in [0.15, 0.2) is 6.61 Å². The number of carbonyl (C=O) groups is 1. The summed E-state index contributed by atoms with van der Waals surface area (Å²) in [6, 6.07) is 8.53. The van der Waals surface area contributed by atoms with Gasteiger partial charge < -0.3 is 9.64 Å². The number of halogens is 3. The first-order chi connectivity index (χ1) is 9.42. The molecule has 0 unspecified atom stereocenters. The Morgan fingerprint density at radius 1 is 1.25 bits per heavy atom.